The van der Waals surface area contributed by atoms with Gasteiger partial charge in [-0.3, -0.25) is 4.79 Å². The molecule has 0 saturated carbocycles. The number of halogens is 1. The van der Waals surface area contributed by atoms with Crippen LogP contribution in [0.25, 0.3) is 0 Å². The summed E-state index contributed by atoms with van der Waals surface area (Å²) in [6.45, 7) is 2.36. The van der Waals surface area contributed by atoms with E-state index < -0.39 is 0 Å². The van der Waals surface area contributed by atoms with E-state index in [2.05, 4.69) is 26.2 Å². The minimum Gasteiger partial charge on any atom is -0.492 e. The number of aryl methyl sites for hydroxylation is 1. The maximum atomic E-state index is 12.3. The molecule has 0 spiro atoms. The van der Waals surface area contributed by atoms with E-state index in [1.165, 1.54) is 0 Å². The highest BCUT2D eigenvalue weighted by atomic mass is 79.9. The topological polar surface area (TPSA) is 51.2 Å². The number of benzene rings is 1. The first-order chi connectivity index (χ1) is 10.1. The van der Waals surface area contributed by atoms with Crippen molar-refractivity contribution in [3.05, 3.63) is 52.1 Å². The van der Waals surface area contributed by atoms with Crippen LogP contribution in [0.5, 0.6) is 5.75 Å². The largest absolute Gasteiger partial charge is 0.492 e. The first-order valence-electron chi connectivity index (χ1n) is 6.77. The van der Waals surface area contributed by atoms with Gasteiger partial charge in [-0.05, 0) is 52.5 Å². The second kappa shape index (κ2) is 5.85. The molecule has 1 N–H and O–H groups in total. The maximum absolute atomic E-state index is 12.3. The second-order valence-electron chi connectivity index (χ2n) is 5.13. The van der Waals surface area contributed by atoms with Crippen LogP contribution in [0, 0.1) is 12.8 Å². The third kappa shape index (κ3) is 3.08. The lowest BCUT2D eigenvalue weighted by atomic mass is 9.96. The molecule has 5 heteroatoms. The molecule has 0 bridgehead atoms. The van der Waals surface area contributed by atoms with Gasteiger partial charge in [0.05, 0.1) is 5.92 Å². The molecule has 1 aliphatic heterocycles. The van der Waals surface area contributed by atoms with Crippen molar-refractivity contribution in [2.45, 2.75) is 13.3 Å². The van der Waals surface area contributed by atoms with Gasteiger partial charge in [-0.25, -0.2) is 4.98 Å². The van der Waals surface area contributed by atoms with E-state index in [9.17, 15) is 4.79 Å². The predicted molar refractivity (Wildman–Crippen MR) is 84.4 cm³/mol. The molecule has 1 aromatic carbocycles. The number of amides is 1. The lowest BCUT2D eigenvalue weighted by molar-refractivity contribution is -0.121. The van der Waals surface area contributed by atoms with Crippen molar-refractivity contribution in [2.24, 2.45) is 5.92 Å². The van der Waals surface area contributed by atoms with Gasteiger partial charge in [-0.2, -0.15) is 0 Å². The molecule has 2 aromatic rings. The van der Waals surface area contributed by atoms with E-state index in [-0.39, 0.29) is 11.8 Å². The molecule has 1 unspecified atom stereocenters. The first-order valence-corrected chi connectivity index (χ1v) is 7.56. The molecule has 1 aliphatic rings. The molecular formula is C16H15BrN2O2. The van der Waals surface area contributed by atoms with Crippen LogP contribution in [0.4, 0.5) is 5.82 Å². The van der Waals surface area contributed by atoms with Gasteiger partial charge in [0, 0.05) is 10.7 Å². The van der Waals surface area contributed by atoms with E-state index in [4.69, 9.17) is 4.74 Å². The summed E-state index contributed by atoms with van der Waals surface area (Å²) in [5.41, 5.74) is 2.11. The number of para-hydroxylation sites is 1. The summed E-state index contributed by atoms with van der Waals surface area (Å²) in [6.07, 6.45) is 2.38. The van der Waals surface area contributed by atoms with Gasteiger partial charge >= 0.3 is 0 Å². The summed E-state index contributed by atoms with van der Waals surface area (Å²) in [5, 5.41) is 2.86. The number of rotatable bonds is 2. The number of nitrogens with one attached hydrogen (secondary N) is 1. The Morgan fingerprint density at radius 3 is 3.05 bits per heavy atom. The van der Waals surface area contributed by atoms with Gasteiger partial charge in [0.2, 0.25) is 5.91 Å². The molecule has 0 aliphatic carbocycles. The van der Waals surface area contributed by atoms with Crippen molar-refractivity contribution in [3.8, 4) is 5.75 Å². The summed E-state index contributed by atoms with van der Waals surface area (Å²) in [7, 11) is 0. The Balaban J connectivity index is 1.70. The zero-order valence-electron chi connectivity index (χ0n) is 11.6. The van der Waals surface area contributed by atoms with Crippen molar-refractivity contribution in [1.82, 2.24) is 4.98 Å². The predicted octanol–water partition coefficient (Wildman–Crippen LogP) is 3.34. The number of carbonyl (C=O) groups excluding carboxylic acids is 1. The number of carbonyl (C=O) groups is 1. The first kappa shape index (κ1) is 14.1. The Kier molecular flexibility index (Phi) is 3.92. The fraction of sp³-hybridized carbons (Fsp3) is 0.250. The molecule has 3 rings (SSSR count). The van der Waals surface area contributed by atoms with Crippen LogP contribution in [0.15, 0.2) is 41.0 Å². The van der Waals surface area contributed by atoms with Crippen molar-refractivity contribution in [3.63, 3.8) is 0 Å². The van der Waals surface area contributed by atoms with Gasteiger partial charge in [-0.15, -0.1) is 0 Å². The van der Waals surface area contributed by atoms with E-state index in [1.54, 1.807) is 6.20 Å². The summed E-state index contributed by atoms with van der Waals surface area (Å²) < 4.78 is 6.58. The van der Waals surface area contributed by atoms with Crippen LogP contribution in [-0.2, 0) is 11.2 Å². The smallest absolute Gasteiger partial charge is 0.232 e. The number of pyridine rings is 1. The third-order valence-corrected chi connectivity index (χ3v) is 4.38. The molecule has 1 atom stereocenters. The Morgan fingerprint density at radius 1 is 1.43 bits per heavy atom. The number of anilines is 1. The summed E-state index contributed by atoms with van der Waals surface area (Å²) in [5.74, 6) is 1.20. The van der Waals surface area contributed by atoms with Crippen molar-refractivity contribution in [2.75, 3.05) is 11.9 Å². The van der Waals surface area contributed by atoms with Crippen LogP contribution in [0.1, 0.15) is 11.1 Å². The van der Waals surface area contributed by atoms with E-state index in [1.807, 2.05) is 37.3 Å². The minimum absolute atomic E-state index is 0.0567. The van der Waals surface area contributed by atoms with Crippen LogP contribution < -0.4 is 10.1 Å². The summed E-state index contributed by atoms with van der Waals surface area (Å²) in [6, 6.07) is 9.68. The van der Waals surface area contributed by atoms with Crippen LogP contribution in [0.3, 0.4) is 0 Å². The molecule has 2 heterocycles. The van der Waals surface area contributed by atoms with Gasteiger partial charge < -0.3 is 10.1 Å². The van der Waals surface area contributed by atoms with E-state index in [0.29, 0.717) is 18.8 Å². The highest BCUT2D eigenvalue weighted by molar-refractivity contribution is 9.10. The molecule has 0 radical (unpaired) electrons. The highest BCUT2D eigenvalue weighted by Crippen LogP contribution is 2.27. The highest BCUT2D eigenvalue weighted by Gasteiger charge is 2.26. The quantitative estimate of drug-likeness (QED) is 0.907. The Bertz CT molecular complexity index is 688. The second-order valence-corrected chi connectivity index (χ2v) is 5.98. The molecule has 0 saturated heterocycles. The number of nitrogens with zero attached hydrogens (tertiary/aromatic N) is 1. The Morgan fingerprint density at radius 2 is 2.24 bits per heavy atom. The zero-order valence-corrected chi connectivity index (χ0v) is 13.2. The summed E-state index contributed by atoms with van der Waals surface area (Å²) >= 11 is 3.39. The fourth-order valence-corrected chi connectivity index (χ4v) is 2.55. The number of fused-ring (bicyclic) bond motifs is 1. The van der Waals surface area contributed by atoms with Crippen LogP contribution >= 0.6 is 15.9 Å². The fourth-order valence-electron chi connectivity index (χ4n) is 2.33. The average molecular weight is 347 g/mol. The Hall–Kier alpha value is -1.88. The molecule has 21 heavy (non-hydrogen) atoms. The SMILES string of the molecule is Cc1cc(NC(=O)C2COc3ccccc3C2)ncc1Br. The average Bonchev–Trinajstić information content (AvgIpc) is 2.50. The minimum atomic E-state index is -0.189. The number of hydrogen-bond donors (Lipinski definition) is 1. The van der Waals surface area contributed by atoms with Gasteiger partial charge in [0.1, 0.15) is 18.2 Å². The molecule has 1 amide bonds. The molecule has 0 fully saturated rings. The van der Waals surface area contributed by atoms with Gasteiger partial charge in [0.25, 0.3) is 0 Å². The normalized spacial score (nSPS) is 16.8. The van der Waals surface area contributed by atoms with Crippen LogP contribution in [-0.4, -0.2) is 17.5 Å². The molecule has 4 nitrogen and oxygen atoms in total. The molecular weight excluding hydrogens is 332 g/mol. The number of ether oxygens (including phenoxy) is 1. The van der Waals surface area contributed by atoms with Crippen molar-refractivity contribution in [1.29, 1.82) is 0 Å². The summed E-state index contributed by atoms with van der Waals surface area (Å²) in [4.78, 5) is 16.5. The lowest BCUT2D eigenvalue weighted by Gasteiger charge is -2.24. The zero-order chi connectivity index (χ0) is 14.8. The molecule has 108 valence electrons. The Labute approximate surface area is 131 Å². The third-order valence-electron chi connectivity index (χ3n) is 3.55. The lowest BCUT2D eigenvalue weighted by Crippen LogP contribution is -2.32. The van der Waals surface area contributed by atoms with Crippen LogP contribution in [0.2, 0.25) is 0 Å². The number of aromatic nitrogens is 1. The van der Waals surface area contributed by atoms with Gasteiger partial charge in [-0.1, -0.05) is 18.2 Å². The monoisotopic (exact) mass is 346 g/mol. The number of hydrogen-bond acceptors (Lipinski definition) is 3. The maximum Gasteiger partial charge on any atom is 0.232 e. The molecule has 1 aromatic heterocycles. The van der Waals surface area contributed by atoms with E-state index >= 15 is 0 Å². The standard InChI is InChI=1S/C16H15BrN2O2/c1-10-6-15(18-8-13(10)17)19-16(20)12-7-11-4-2-3-5-14(11)21-9-12/h2-6,8,12H,7,9H2,1H3,(H,18,19,20). The van der Waals surface area contributed by atoms with E-state index in [0.717, 1.165) is 21.3 Å². The van der Waals surface area contributed by atoms with Crippen molar-refractivity contribution >= 4 is 27.7 Å². The van der Waals surface area contributed by atoms with Crippen molar-refractivity contribution < 1.29 is 9.53 Å². The van der Waals surface area contributed by atoms with Gasteiger partial charge in [0.15, 0.2) is 0 Å².